The number of primary sulfonamides is 1. The van der Waals surface area contributed by atoms with E-state index in [1.165, 1.54) is 12.5 Å². The Bertz CT molecular complexity index is 717. The molecule has 0 spiro atoms. The Morgan fingerprint density at radius 1 is 1.38 bits per heavy atom. The molecule has 2 N–H and O–H groups in total. The van der Waals surface area contributed by atoms with E-state index in [9.17, 15) is 13.2 Å². The Kier molecular flexibility index (Phi) is 3.62. The summed E-state index contributed by atoms with van der Waals surface area (Å²) >= 11 is 3.27. The number of halogens is 1. The number of carbonyl (C=O) groups is 1. The molecule has 1 aromatic rings. The van der Waals surface area contributed by atoms with Crippen LogP contribution in [-0.4, -0.2) is 31.8 Å². The van der Waals surface area contributed by atoms with Gasteiger partial charge in [0, 0.05) is 22.6 Å². The predicted molar refractivity (Wildman–Crippen MR) is 82.4 cm³/mol. The van der Waals surface area contributed by atoms with Crippen molar-refractivity contribution in [2.45, 2.75) is 37.1 Å². The number of sulfonamides is 1. The minimum absolute atomic E-state index is 0.00424. The first-order valence-electron chi connectivity index (χ1n) is 6.91. The second kappa shape index (κ2) is 5.07. The summed E-state index contributed by atoms with van der Waals surface area (Å²) in [6.45, 7) is 2.41. The number of hydrogen-bond donors (Lipinski definition) is 1. The number of piperidine rings is 1. The minimum Gasteiger partial charge on any atom is -0.335 e. The summed E-state index contributed by atoms with van der Waals surface area (Å²) in [7, 11) is -3.85. The molecule has 3 rings (SSSR count). The lowest BCUT2D eigenvalue weighted by Gasteiger charge is -2.28. The molecule has 5 nitrogen and oxygen atoms in total. The number of fused-ring (bicyclic) bond motifs is 2. The Morgan fingerprint density at radius 3 is 2.62 bits per heavy atom. The molecular formula is C14H17BrN2O3S. The topological polar surface area (TPSA) is 80.5 Å². The Labute approximate surface area is 132 Å². The number of rotatable bonds is 2. The molecule has 7 heteroatoms. The fourth-order valence-corrected chi connectivity index (χ4v) is 4.94. The summed E-state index contributed by atoms with van der Waals surface area (Å²) in [5, 5.41) is 5.24. The van der Waals surface area contributed by atoms with Gasteiger partial charge in [-0.15, -0.1) is 0 Å². The molecule has 1 aliphatic heterocycles. The molecule has 1 heterocycles. The SMILES string of the molecule is Cc1c(C(=O)N2CC3CCC2C3)cc(Br)cc1S(N)(=O)=O. The van der Waals surface area contributed by atoms with Gasteiger partial charge in [0.2, 0.25) is 10.0 Å². The summed E-state index contributed by atoms with van der Waals surface area (Å²) in [5.41, 5.74) is 0.842. The Morgan fingerprint density at radius 2 is 2.10 bits per heavy atom. The van der Waals surface area contributed by atoms with Gasteiger partial charge in [-0.1, -0.05) is 15.9 Å². The number of nitrogens with two attached hydrogens (primary N) is 1. The molecular weight excluding hydrogens is 356 g/mol. The average molecular weight is 373 g/mol. The third-order valence-corrected chi connectivity index (χ3v) is 6.03. The van der Waals surface area contributed by atoms with Crippen molar-refractivity contribution in [2.24, 2.45) is 11.1 Å². The van der Waals surface area contributed by atoms with E-state index in [1.807, 2.05) is 4.90 Å². The zero-order chi connectivity index (χ0) is 15.4. The summed E-state index contributed by atoms with van der Waals surface area (Å²) in [4.78, 5) is 14.6. The molecule has 2 aliphatic rings. The van der Waals surface area contributed by atoms with Crippen LogP contribution in [0.1, 0.15) is 35.2 Å². The van der Waals surface area contributed by atoms with E-state index in [1.54, 1.807) is 13.0 Å². The fraction of sp³-hybridized carbons (Fsp3) is 0.500. The zero-order valence-electron chi connectivity index (χ0n) is 11.7. The van der Waals surface area contributed by atoms with Crippen LogP contribution in [-0.2, 0) is 10.0 Å². The molecule has 1 aliphatic carbocycles. The van der Waals surface area contributed by atoms with Gasteiger partial charge in [-0.2, -0.15) is 0 Å². The van der Waals surface area contributed by atoms with Gasteiger partial charge in [-0.3, -0.25) is 4.79 Å². The molecule has 2 bridgehead atoms. The maximum atomic E-state index is 12.8. The molecule has 1 aromatic carbocycles. The monoisotopic (exact) mass is 372 g/mol. The maximum Gasteiger partial charge on any atom is 0.254 e. The number of benzene rings is 1. The molecule has 2 fully saturated rings. The van der Waals surface area contributed by atoms with Crippen molar-refractivity contribution in [2.75, 3.05) is 6.54 Å². The standard InChI is InChI=1S/C14H17BrN2O3S/c1-8-12(5-10(15)6-13(8)21(16,19)20)14(18)17-7-9-2-3-11(17)4-9/h5-6,9,11H,2-4,7H2,1H3,(H2,16,19,20). The van der Waals surface area contributed by atoms with E-state index in [-0.39, 0.29) is 10.8 Å². The van der Waals surface area contributed by atoms with E-state index in [0.29, 0.717) is 27.6 Å². The van der Waals surface area contributed by atoms with Gasteiger partial charge in [-0.25, -0.2) is 13.6 Å². The first-order valence-corrected chi connectivity index (χ1v) is 9.25. The van der Waals surface area contributed by atoms with Crippen LogP contribution in [0.2, 0.25) is 0 Å². The normalized spacial score (nSPS) is 24.6. The van der Waals surface area contributed by atoms with Gasteiger partial charge in [0.1, 0.15) is 0 Å². The van der Waals surface area contributed by atoms with Crippen LogP contribution < -0.4 is 5.14 Å². The first-order chi connectivity index (χ1) is 9.77. The van der Waals surface area contributed by atoms with Crippen LogP contribution in [0.15, 0.2) is 21.5 Å². The Balaban J connectivity index is 2.03. The Hall–Kier alpha value is -0.920. The van der Waals surface area contributed by atoms with E-state index in [2.05, 4.69) is 15.9 Å². The predicted octanol–water partition coefficient (Wildman–Crippen LogP) is 2.03. The van der Waals surface area contributed by atoms with Crippen molar-refractivity contribution < 1.29 is 13.2 Å². The van der Waals surface area contributed by atoms with Crippen molar-refractivity contribution >= 4 is 31.9 Å². The van der Waals surface area contributed by atoms with Crippen molar-refractivity contribution in [3.05, 3.63) is 27.7 Å². The van der Waals surface area contributed by atoms with E-state index in [4.69, 9.17) is 5.14 Å². The van der Waals surface area contributed by atoms with Crippen LogP contribution in [0, 0.1) is 12.8 Å². The van der Waals surface area contributed by atoms with E-state index in [0.717, 1.165) is 19.4 Å². The fourth-order valence-electron chi connectivity index (χ4n) is 3.50. The van der Waals surface area contributed by atoms with Gasteiger partial charge in [0.25, 0.3) is 5.91 Å². The van der Waals surface area contributed by atoms with E-state index >= 15 is 0 Å². The van der Waals surface area contributed by atoms with Crippen LogP contribution in [0.4, 0.5) is 0 Å². The maximum absolute atomic E-state index is 12.8. The number of likely N-dealkylation sites (tertiary alicyclic amines) is 1. The largest absolute Gasteiger partial charge is 0.335 e. The molecule has 2 unspecified atom stereocenters. The summed E-state index contributed by atoms with van der Waals surface area (Å²) in [6, 6.07) is 3.43. The quantitative estimate of drug-likeness (QED) is 0.862. The lowest BCUT2D eigenvalue weighted by Crippen LogP contribution is -2.38. The molecule has 0 aromatic heterocycles. The highest BCUT2D eigenvalue weighted by molar-refractivity contribution is 9.10. The highest BCUT2D eigenvalue weighted by Gasteiger charge is 2.41. The van der Waals surface area contributed by atoms with Gasteiger partial charge in [0.05, 0.1) is 4.90 Å². The lowest BCUT2D eigenvalue weighted by molar-refractivity contribution is 0.0702. The number of hydrogen-bond acceptors (Lipinski definition) is 3. The summed E-state index contributed by atoms with van der Waals surface area (Å²) in [5.74, 6) is 0.509. The van der Waals surface area contributed by atoms with Crippen LogP contribution in [0.5, 0.6) is 0 Å². The summed E-state index contributed by atoms with van der Waals surface area (Å²) < 4.78 is 23.9. The molecule has 1 saturated carbocycles. The highest BCUT2D eigenvalue weighted by atomic mass is 79.9. The van der Waals surface area contributed by atoms with Gasteiger partial charge in [0.15, 0.2) is 0 Å². The number of nitrogens with zero attached hydrogens (tertiary/aromatic N) is 1. The van der Waals surface area contributed by atoms with Crippen LogP contribution >= 0.6 is 15.9 Å². The van der Waals surface area contributed by atoms with Gasteiger partial charge >= 0.3 is 0 Å². The third kappa shape index (κ3) is 2.62. The van der Waals surface area contributed by atoms with Crippen molar-refractivity contribution in [1.29, 1.82) is 0 Å². The van der Waals surface area contributed by atoms with E-state index < -0.39 is 10.0 Å². The van der Waals surface area contributed by atoms with Crippen molar-refractivity contribution in [1.82, 2.24) is 4.90 Å². The van der Waals surface area contributed by atoms with Crippen LogP contribution in [0.3, 0.4) is 0 Å². The van der Waals surface area contributed by atoms with Crippen molar-refractivity contribution in [3.8, 4) is 0 Å². The molecule has 1 amide bonds. The molecule has 114 valence electrons. The van der Waals surface area contributed by atoms with Gasteiger partial charge < -0.3 is 4.90 Å². The van der Waals surface area contributed by atoms with Crippen molar-refractivity contribution in [3.63, 3.8) is 0 Å². The lowest BCUT2D eigenvalue weighted by atomic mass is 10.1. The average Bonchev–Trinajstić information content (AvgIpc) is 3.01. The minimum atomic E-state index is -3.85. The second-order valence-corrected chi connectivity index (χ2v) is 8.36. The zero-order valence-corrected chi connectivity index (χ0v) is 14.1. The molecule has 2 atom stereocenters. The smallest absolute Gasteiger partial charge is 0.254 e. The molecule has 21 heavy (non-hydrogen) atoms. The van der Waals surface area contributed by atoms with Gasteiger partial charge in [-0.05, 0) is 49.8 Å². The highest BCUT2D eigenvalue weighted by Crippen LogP contribution is 2.38. The van der Waals surface area contributed by atoms with Crippen LogP contribution in [0.25, 0.3) is 0 Å². The molecule has 0 radical (unpaired) electrons. The summed E-state index contributed by atoms with van der Waals surface area (Å²) in [6.07, 6.45) is 3.31. The number of carbonyl (C=O) groups excluding carboxylic acids is 1. The third-order valence-electron chi connectivity index (χ3n) is 4.53. The number of amides is 1. The second-order valence-electron chi connectivity index (χ2n) is 5.91. The first kappa shape index (κ1) is 15.0. The molecule has 1 saturated heterocycles.